The summed E-state index contributed by atoms with van der Waals surface area (Å²) in [6, 6.07) is 2.58. The Kier molecular flexibility index (Phi) is 4.48. The lowest BCUT2D eigenvalue weighted by Gasteiger charge is -2.19. The molecule has 3 N–H and O–H groups in total. The Hall–Kier alpha value is -1.67. The van der Waals surface area contributed by atoms with Gasteiger partial charge in [-0.1, -0.05) is 0 Å². The number of nitrogens with one attached hydrogen (secondary N) is 1. The summed E-state index contributed by atoms with van der Waals surface area (Å²) in [6.45, 7) is 1.58. The molecule has 0 bridgehead atoms. The lowest BCUT2D eigenvalue weighted by atomic mass is 10.2. The van der Waals surface area contributed by atoms with Crippen LogP contribution < -0.4 is 10.5 Å². The summed E-state index contributed by atoms with van der Waals surface area (Å²) in [6.07, 6.45) is 0. The topological polar surface area (TPSA) is 92.5 Å². The molecule has 0 heterocycles. The Balaban J connectivity index is 2.96. The highest BCUT2D eigenvalue weighted by Crippen LogP contribution is 2.19. The third-order valence-corrected chi connectivity index (χ3v) is 3.36. The van der Waals surface area contributed by atoms with Gasteiger partial charge < -0.3 is 10.2 Å². The molecule has 0 aliphatic rings. The summed E-state index contributed by atoms with van der Waals surface area (Å²) < 4.78 is 35.8. The molecule has 0 aliphatic carbocycles. The number of benzene rings is 1. The number of hydrogen-bond donors (Lipinski definition) is 2. The predicted octanol–water partition coefficient (Wildman–Crippen LogP) is 0.362. The van der Waals surface area contributed by atoms with Crippen molar-refractivity contribution in [3.63, 3.8) is 0 Å². The highest BCUT2D eigenvalue weighted by atomic mass is 32.2. The average Bonchev–Trinajstić information content (AvgIpc) is 2.29. The van der Waals surface area contributed by atoms with Gasteiger partial charge >= 0.3 is 0 Å². The van der Waals surface area contributed by atoms with Gasteiger partial charge in [-0.05, 0) is 25.1 Å². The van der Waals surface area contributed by atoms with Crippen molar-refractivity contribution in [2.45, 2.75) is 17.9 Å². The third-order valence-electron chi connectivity index (χ3n) is 2.45. The number of anilines is 1. The van der Waals surface area contributed by atoms with Crippen LogP contribution in [0.25, 0.3) is 0 Å². The minimum atomic E-state index is -3.94. The zero-order chi connectivity index (χ0) is 14.8. The van der Waals surface area contributed by atoms with E-state index in [-0.39, 0.29) is 16.5 Å². The molecule has 0 aromatic heterocycles. The normalized spacial score (nSPS) is 12.9. The molecular formula is C11H16FN3O3S. The van der Waals surface area contributed by atoms with Crippen molar-refractivity contribution in [3.8, 4) is 0 Å². The molecule has 1 unspecified atom stereocenters. The predicted molar refractivity (Wildman–Crippen MR) is 69.6 cm³/mol. The lowest BCUT2D eigenvalue weighted by Crippen LogP contribution is -2.36. The van der Waals surface area contributed by atoms with E-state index in [0.717, 1.165) is 6.07 Å². The van der Waals surface area contributed by atoms with Gasteiger partial charge in [-0.15, -0.1) is 0 Å². The molecule has 1 atom stereocenters. The van der Waals surface area contributed by atoms with Gasteiger partial charge in [0.25, 0.3) is 0 Å². The minimum Gasteiger partial charge on any atom is -0.372 e. The summed E-state index contributed by atoms with van der Waals surface area (Å²) in [4.78, 5) is 12.7. The summed E-state index contributed by atoms with van der Waals surface area (Å²) in [5.74, 6) is -1.01. The monoisotopic (exact) mass is 289 g/mol. The molecule has 1 amide bonds. The number of carbonyl (C=O) groups is 1. The quantitative estimate of drug-likeness (QED) is 0.837. The maximum atomic E-state index is 13.7. The molecule has 0 saturated heterocycles. The smallest absolute Gasteiger partial charge is 0.244 e. The Morgan fingerprint density at radius 2 is 2.00 bits per heavy atom. The number of primary sulfonamides is 1. The van der Waals surface area contributed by atoms with Gasteiger partial charge in [0.1, 0.15) is 11.9 Å². The fourth-order valence-electron chi connectivity index (χ4n) is 1.47. The van der Waals surface area contributed by atoms with Crippen LogP contribution in [0.4, 0.5) is 10.1 Å². The van der Waals surface area contributed by atoms with Crippen molar-refractivity contribution in [3.05, 3.63) is 24.0 Å². The molecule has 1 aromatic carbocycles. The number of carbonyl (C=O) groups excluding carboxylic acids is 1. The summed E-state index contributed by atoms with van der Waals surface area (Å²) in [7, 11) is -0.775. The van der Waals surface area contributed by atoms with Gasteiger partial charge in [-0.3, -0.25) is 4.79 Å². The van der Waals surface area contributed by atoms with Crippen LogP contribution in [-0.4, -0.2) is 39.4 Å². The molecule has 0 saturated carbocycles. The number of amides is 1. The van der Waals surface area contributed by atoms with Crippen molar-refractivity contribution in [1.29, 1.82) is 0 Å². The van der Waals surface area contributed by atoms with Crippen molar-refractivity contribution < 1.29 is 17.6 Å². The van der Waals surface area contributed by atoms with E-state index < -0.39 is 21.9 Å². The first-order valence-corrected chi connectivity index (χ1v) is 6.97. The fourth-order valence-corrected chi connectivity index (χ4v) is 2.00. The second-order valence-electron chi connectivity index (χ2n) is 4.29. The molecule has 1 aromatic rings. The lowest BCUT2D eigenvalue weighted by molar-refractivity contribution is -0.129. The van der Waals surface area contributed by atoms with Crippen LogP contribution in [0.1, 0.15) is 6.92 Å². The maximum Gasteiger partial charge on any atom is 0.244 e. The Bertz CT molecular complexity index is 587. The molecule has 0 fully saturated rings. The first-order chi connectivity index (χ1) is 8.62. The van der Waals surface area contributed by atoms with E-state index in [1.54, 1.807) is 21.0 Å². The molecule has 106 valence electrons. The van der Waals surface area contributed by atoms with E-state index in [2.05, 4.69) is 5.32 Å². The Labute approximate surface area is 111 Å². The summed E-state index contributed by atoms with van der Waals surface area (Å²) >= 11 is 0. The van der Waals surface area contributed by atoms with Gasteiger partial charge in [0.05, 0.1) is 10.6 Å². The van der Waals surface area contributed by atoms with E-state index in [4.69, 9.17) is 5.14 Å². The number of sulfonamides is 1. The Morgan fingerprint density at radius 1 is 1.42 bits per heavy atom. The van der Waals surface area contributed by atoms with Gasteiger partial charge in [0.15, 0.2) is 0 Å². The number of likely N-dealkylation sites (N-methyl/N-ethyl adjacent to an activating group) is 1. The molecule has 0 radical (unpaired) electrons. The first-order valence-electron chi connectivity index (χ1n) is 5.43. The van der Waals surface area contributed by atoms with Crippen molar-refractivity contribution in [2.24, 2.45) is 5.14 Å². The van der Waals surface area contributed by atoms with Crippen molar-refractivity contribution >= 4 is 21.6 Å². The van der Waals surface area contributed by atoms with Crippen LogP contribution in [0, 0.1) is 5.82 Å². The number of nitrogens with zero attached hydrogens (tertiary/aromatic N) is 1. The van der Waals surface area contributed by atoms with Crippen LogP contribution in [0.2, 0.25) is 0 Å². The van der Waals surface area contributed by atoms with E-state index in [1.807, 2.05) is 0 Å². The standard InChI is InChI=1S/C11H16FN3O3S/c1-7(11(16)15(2)3)14-10-5-4-8(6-9(10)12)19(13,17)18/h4-7,14H,1-3H3,(H2,13,17,18). The molecule has 6 nitrogen and oxygen atoms in total. The Morgan fingerprint density at radius 3 is 2.42 bits per heavy atom. The number of halogens is 1. The number of rotatable bonds is 4. The van der Waals surface area contributed by atoms with E-state index >= 15 is 0 Å². The molecule has 0 aliphatic heterocycles. The van der Waals surface area contributed by atoms with Crippen LogP contribution >= 0.6 is 0 Å². The van der Waals surface area contributed by atoms with Gasteiger partial charge in [-0.25, -0.2) is 17.9 Å². The van der Waals surface area contributed by atoms with Crippen LogP contribution in [0.5, 0.6) is 0 Å². The largest absolute Gasteiger partial charge is 0.372 e. The van der Waals surface area contributed by atoms with Gasteiger partial charge in [-0.2, -0.15) is 0 Å². The van der Waals surface area contributed by atoms with E-state index in [9.17, 15) is 17.6 Å². The number of nitrogens with two attached hydrogens (primary N) is 1. The molecule has 1 rings (SSSR count). The van der Waals surface area contributed by atoms with E-state index in [1.165, 1.54) is 17.0 Å². The highest BCUT2D eigenvalue weighted by Gasteiger charge is 2.17. The second-order valence-corrected chi connectivity index (χ2v) is 5.85. The number of hydrogen-bond acceptors (Lipinski definition) is 4. The first kappa shape index (κ1) is 15.4. The molecule has 0 spiro atoms. The minimum absolute atomic E-state index is 0.0371. The van der Waals surface area contributed by atoms with Crippen LogP contribution in [-0.2, 0) is 14.8 Å². The van der Waals surface area contributed by atoms with Gasteiger partial charge in [0.2, 0.25) is 15.9 Å². The fraction of sp³-hybridized carbons (Fsp3) is 0.364. The van der Waals surface area contributed by atoms with Gasteiger partial charge in [0, 0.05) is 14.1 Å². The third kappa shape index (κ3) is 3.90. The van der Waals surface area contributed by atoms with Crippen molar-refractivity contribution in [1.82, 2.24) is 4.90 Å². The molecule has 8 heteroatoms. The molecular weight excluding hydrogens is 273 g/mol. The van der Waals surface area contributed by atoms with Crippen LogP contribution in [0.15, 0.2) is 23.1 Å². The van der Waals surface area contributed by atoms with E-state index in [0.29, 0.717) is 0 Å². The maximum absolute atomic E-state index is 13.7. The second kappa shape index (κ2) is 5.54. The van der Waals surface area contributed by atoms with Crippen molar-refractivity contribution in [2.75, 3.05) is 19.4 Å². The zero-order valence-electron chi connectivity index (χ0n) is 10.8. The zero-order valence-corrected chi connectivity index (χ0v) is 11.7. The highest BCUT2D eigenvalue weighted by molar-refractivity contribution is 7.89. The van der Waals surface area contributed by atoms with Crippen LogP contribution in [0.3, 0.4) is 0 Å². The summed E-state index contributed by atoms with van der Waals surface area (Å²) in [5.41, 5.74) is 0.0371. The summed E-state index contributed by atoms with van der Waals surface area (Å²) in [5, 5.41) is 7.56. The molecule has 19 heavy (non-hydrogen) atoms. The SMILES string of the molecule is CC(Nc1ccc(S(N)(=O)=O)cc1F)C(=O)N(C)C. The average molecular weight is 289 g/mol.